The summed E-state index contributed by atoms with van der Waals surface area (Å²) in [6.45, 7) is 5.82. The normalized spacial score (nSPS) is 44.9. The quantitative estimate of drug-likeness (QED) is 0.194. The number of nitroso groups, excluding NO2 is 1. The number of morpholine rings is 3. The number of halogens is 1. The second-order valence-electron chi connectivity index (χ2n) is 15.1. The van der Waals surface area contributed by atoms with Crippen LogP contribution in [-0.4, -0.2) is 152 Å². The van der Waals surface area contributed by atoms with E-state index in [4.69, 9.17) is 19.9 Å². The SMILES string of the molecule is N[C@H]1CCN(C(=O)C2=CN3C4CC5OC6CC(N=O)CCC6NC5CC4OC4C(NCCCN5CCOCC5)C(F)CC(C2=O)C43)C1. The molecular weight excluding hydrogens is 609 g/mol. The summed E-state index contributed by atoms with van der Waals surface area (Å²) in [4.78, 5) is 45.4. The molecule has 260 valence electrons. The maximum absolute atomic E-state index is 16.2. The van der Waals surface area contributed by atoms with Gasteiger partial charge < -0.3 is 40.4 Å². The molecule has 4 saturated heterocycles. The number of hydrogen-bond donors (Lipinski definition) is 3. The lowest BCUT2D eigenvalue weighted by Gasteiger charge is -2.61. The fraction of sp³-hybridized carbons (Fsp3) is 0.879. The number of nitrogens with two attached hydrogens (primary N) is 1. The van der Waals surface area contributed by atoms with E-state index in [1.165, 1.54) is 0 Å². The van der Waals surface area contributed by atoms with Gasteiger partial charge in [0.25, 0.3) is 5.91 Å². The van der Waals surface area contributed by atoms with Crippen molar-refractivity contribution in [2.24, 2.45) is 16.8 Å². The summed E-state index contributed by atoms with van der Waals surface area (Å²) in [6.07, 6.45) is 4.76. The maximum Gasteiger partial charge on any atom is 0.259 e. The highest BCUT2D eigenvalue weighted by Gasteiger charge is 2.60. The molecule has 47 heavy (non-hydrogen) atoms. The molecule has 0 aromatic carbocycles. The highest BCUT2D eigenvalue weighted by atomic mass is 19.1. The predicted octanol–water partition coefficient (Wildman–Crippen LogP) is 0.0646. The molecule has 12 unspecified atom stereocenters. The lowest BCUT2D eigenvalue weighted by Crippen LogP contribution is -2.75. The first-order chi connectivity index (χ1) is 22.9. The number of hydrogen-bond acceptors (Lipinski definition) is 12. The molecule has 0 radical (unpaired) electrons. The number of rotatable bonds is 7. The molecule has 3 saturated carbocycles. The highest BCUT2D eigenvalue weighted by molar-refractivity contribution is 6.20. The first kappa shape index (κ1) is 32.2. The Kier molecular flexibility index (Phi) is 9.12. The van der Waals surface area contributed by atoms with Crippen LogP contribution in [0, 0.1) is 10.8 Å². The number of carbonyl (C=O) groups excluding carboxylic acids is 2. The van der Waals surface area contributed by atoms with E-state index in [9.17, 15) is 14.5 Å². The molecule has 0 spiro atoms. The zero-order valence-corrected chi connectivity index (χ0v) is 27.1. The Labute approximate surface area is 275 Å². The van der Waals surface area contributed by atoms with Crippen LogP contribution in [0.1, 0.15) is 51.4 Å². The first-order valence-electron chi connectivity index (χ1n) is 18.0. The van der Waals surface area contributed by atoms with Crippen molar-refractivity contribution in [1.29, 1.82) is 0 Å². The topological polar surface area (TPSA) is 151 Å². The summed E-state index contributed by atoms with van der Waals surface area (Å²) in [5.74, 6) is -1.26. The molecule has 1 amide bonds. The van der Waals surface area contributed by atoms with Crippen LogP contribution < -0.4 is 16.4 Å². The van der Waals surface area contributed by atoms with Gasteiger partial charge in [0.2, 0.25) is 0 Å². The van der Waals surface area contributed by atoms with E-state index in [1.54, 1.807) is 11.1 Å². The van der Waals surface area contributed by atoms with Gasteiger partial charge in [0.1, 0.15) is 6.17 Å². The van der Waals surface area contributed by atoms with Crippen molar-refractivity contribution in [3.05, 3.63) is 16.7 Å². The van der Waals surface area contributed by atoms with Gasteiger partial charge in [-0.15, -0.1) is 0 Å². The predicted molar refractivity (Wildman–Crippen MR) is 169 cm³/mol. The molecule has 4 N–H and O–H groups in total. The maximum atomic E-state index is 16.2. The highest BCUT2D eigenvalue weighted by Crippen LogP contribution is 2.47. The lowest BCUT2D eigenvalue weighted by molar-refractivity contribution is -0.222. The van der Waals surface area contributed by atoms with Crippen molar-refractivity contribution >= 4 is 11.7 Å². The van der Waals surface area contributed by atoms with Gasteiger partial charge in [-0.1, -0.05) is 5.18 Å². The minimum Gasteiger partial charge on any atom is -0.379 e. The molecule has 14 heteroatoms. The van der Waals surface area contributed by atoms with Gasteiger partial charge in [-0.2, -0.15) is 4.91 Å². The van der Waals surface area contributed by atoms with E-state index in [0.29, 0.717) is 45.3 Å². The van der Waals surface area contributed by atoms with Gasteiger partial charge in [-0.3, -0.25) is 14.5 Å². The van der Waals surface area contributed by atoms with Crippen LogP contribution in [0.5, 0.6) is 0 Å². The molecular formula is C33H50FN7O6. The summed E-state index contributed by atoms with van der Waals surface area (Å²) >= 11 is 0. The van der Waals surface area contributed by atoms with Crippen LogP contribution in [0.25, 0.3) is 0 Å². The summed E-state index contributed by atoms with van der Waals surface area (Å²) in [7, 11) is 0. The largest absolute Gasteiger partial charge is 0.379 e. The smallest absolute Gasteiger partial charge is 0.259 e. The summed E-state index contributed by atoms with van der Waals surface area (Å²) in [5.41, 5.74) is 6.26. The fourth-order valence-electron chi connectivity index (χ4n) is 9.88. The third kappa shape index (κ3) is 6.06. The molecule has 0 bridgehead atoms. The Morgan fingerprint density at radius 1 is 1.04 bits per heavy atom. The number of ketones is 1. The average Bonchev–Trinajstić information content (AvgIpc) is 3.53. The Morgan fingerprint density at radius 3 is 2.66 bits per heavy atom. The molecule has 13 atom stereocenters. The van der Waals surface area contributed by atoms with Crippen molar-refractivity contribution in [2.45, 2.75) is 124 Å². The van der Waals surface area contributed by atoms with Crippen LogP contribution >= 0.6 is 0 Å². The average molecular weight is 660 g/mol. The van der Waals surface area contributed by atoms with Crippen molar-refractivity contribution in [3.63, 3.8) is 0 Å². The van der Waals surface area contributed by atoms with E-state index in [0.717, 1.165) is 52.1 Å². The van der Waals surface area contributed by atoms with Crippen molar-refractivity contribution in [2.75, 3.05) is 52.5 Å². The number of Topliss-reactive ketones (excluding diaryl/α,β-unsaturated/α-hetero) is 1. The van der Waals surface area contributed by atoms with Crippen molar-refractivity contribution in [3.8, 4) is 0 Å². The Bertz CT molecular complexity index is 1240. The second-order valence-corrected chi connectivity index (χ2v) is 15.1. The molecule has 8 rings (SSSR count). The van der Waals surface area contributed by atoms with E-state index in [-0.39, 0.29) is 78.2 Å². The molecule has 5 aliphatic heterocycles. The number of nitrogens with one attached hydrogen (secondary N) is 2. The lowest BCUT2D eigenvalue weighted by atomic mass is 9.69. The zero-order valence-electron chi connectivity index (χ0n) is 27.1. The molecule has 8 aliphatic rings. The minimum absolute atomic E-state index is 0.0520. The van der Waals surface area contributed by atoms with Gasteiger partial charge in [0, 0.05) is 62.8 Å². The van der Waals surface area contributed by atoms with E-state index < -0.39 is 24.2 Å². The standard InChI is InChI=1S/C33H50FN7O6/c34-22-13-20-30-32(29(22)36-5-1-6-39-8-10-45-11-9-39)47-28-14-24-27(46-26-12-19(38-44)2-3-23(26)37-24)15-25(28)41(30)17-21(31(20)42)33(43)40-7-4-18(35)16-40/h17-20,22-30,32,36-37H,1-16,35H2/t18-,19?,20?,22?,23?,24?,25?,26?,27?,28?,29?,30?,32?/m0/s1. The number of amides is 1. The molecule has 0 aromatic rings. The van der Waals surface area contributed by atoms with Gasteiger partial charge in [-0.05, 0) is 58.0 Å². The zero-order chi connectivity index (χ0) is 32.2. The van der Waals surface area contributed by atoms with Crippen LogP contribution in [0.4, 0.5) is 4.39 Å². The number of carbonyl (C=O) groups is 2. The van der Waals surface area contributed by atoms with Crippen LogP contribution in [0.3, 0.4) is 0 Å². The second kappa shape index (κ2) is 13.3. The first-order valence-corrected chi connectivity index (χ1v) is 18.0. The number of fused-ring (bicyclic) bond motifs is 4. The van der Waals surface area contributed by atoms with Crippen molar-refractivity contribution < 1.29 is 28.2 Å². The Balaban J connectivity index is 1.05. The van der Waals surface area contributed by atoms with E-state index in [2.05, 4.69) is 25.6 Å². The van der Waals surface area contributed by atoms with Gasteiger partial charge in [0.05, 0.1) is 67.4 Å². The molecule has 5 heterocycles. The number of likely N-dealkylation sites (tertiary alicyclic amines) is 1. The molecule has 13 nitrogen and oxygen atoms in total. The minimum atomic E-state index is -1.28. The van der Waals surface area contributed by atoms with E-state index in [1.807, 2.05) is 0 Å². The third-order valence-electron chi connectivity index (χ3n) is 12.3. The summed E-state index contributed by atoms with van der Waals surface area (Å²) in [6, 6.07) is -1.14. The fourth-order valence-corrected chi connectivity index (χ4v) is 9.88. The van der Waals surface area contributed by atoms with Crippen LogP contribution in [-0.2, 0) is 23.8 Å². The van der Waals surface area contributed by atoms with Gasteiger partial charge in [-0.25, -0.2) is 4.39 Å². The van der Waals surface area contributed by atoms with Gasteiger partial charge >= 0.3 is 0 Å². The molecule has 0 aromatic heterocycles. The number of alkyl halides is 1. The summed E-state index contributed by atoms with van der Waals surface area (Å²) in [5, 5.41) is 10.6. The molecule has 7 fully saturated rings. The number of nitrogens with zero attached hydrogens (tertiary/aromatic N) is 4. The van der Waals surface area contributed by atoms with Crippen molar-refractivity contribution in [1.82, 2.24) is 25.3 Å². The summed E-state index contributed by atoms with van der Waals surface area (Å²) < 4.78 is 35.3. The van der Waals surface area contributed by atoms with Gasteiger partial charge in [0.15, 0.2) is 5.78 Å². The number of ether oxygens (including phenoxy) is 3. The Hall–Kier alpha value is -2.07. The monoisotopic (exact) mass is 659 g/mol. The Morgan fingerprint density at radius 2 is 1.87 bits per heavy atom. The van der Waals surface area contributed by atoms with Crippen LogP contribution in [0.2, 0.25) is 0 Å². The van der Waals surface area contributed by atoms with E-state index >= 15 is 4.39 Å². The van der Waals surface area contributed by atoms with Crippen LogP contribution in [0.15, 0.2) is 16.9 Å². The third-order valence-corrected chi connectivity index (χ3v) is 12.3. The molecule has 3 aliphatic carbocycles.